The molecule has 1 aromatic carbocycles. The summed E-state index contributed by atoms with van der Waals surface area (Å²) in [7, 11) is 3.80. The van der Waals surface area contributed by atoms with Crippen LogP contribution in [0.25, 0.3) is 0 Å². The van der Waals surface area contributed by atoms with Gasteiger partial charge in [0.25, 0.3) is 0 Å². The molecule has 3 rings (SSSR count). The maximum absolute atomic E-state index is 10.5. The van der Waals surface area contributed by atoms with Gasteiger partial charge in [0.2, 0.25) is 0 Å². The maximum Gasteiger partial charge on any atom is 0.129 e. The van der Waals surface area contributed by atoms with E-state index in [0.717, 1.165) is 49.4 Å². The van der Waals surface area contributed by atoms with Crippen molar-refractivity contribution in [2.24, 2.45) is 0 Å². The lowest BCUT2D eigenvalue weighted by Crippen LogP contribution is -2.41. The first kappa shape index (κ1) is 13.7. The van der Waals surface area contributed by atoms with Gasteiger partial charge in [-0.25, -0.2) is 0 Å². The van der Waals surface area contributed by atoms with E-state index in [1.807, 2.05) is 18.2 Å². The third kappa shape index (κ3) is 2.50. The highest BCUT2D eigenvalue weighted by molar-refractivity contribution is 5.44. The van der Waals surface area contributed by atoms with Crippen LogP contribution in [0.3, 0.4) is 0 Å². The number of benzene rings is 1. The molecule has 110 valence electrons. The number of methoxy groups -OCH3 is 1. The number of aliphatic hydroxyl groups is 1. The van der Waals surface area contributed by atoms with Crippen LogP contribution in [0.5, 0.6) is 11.5 Å². The molecule has 4 nitrogen and oxygen atoms in total. The van der Waals surface area contributed by atoms with Crippen LogP contribution in [-0.4, -0.2) is 42.9 Å². The Balaban J connectivity index is 1.90. The van der Waals surface area contributed by atoms with E-state index >= 15 is 0 Å². The Hall–Kier alpha value is -1.26. The highest BCUT2D eigenvalue weighted by Crippen LogP contribution is 2.45. The fourth-order valence-corrected chi connectivity index (χ4v) is 3.35. The molecular formula is C16H23NO3. The highest BCUT2D eigenvalue weighted by Gasteiger charge is 2.41. The summed E-state index contributed by atoms with van der Waals surface area (Å²) in [6, 6.07) is 5.69. The van der Waals surface area contributed by atoms with Crippen molar-refractivity contribution < 1.29 is 14.6 Å². The zero-order chi connectivity index (χ0) is 14.2. The summed E-state index contributed by atoms with van der Waals surface area (Å²) in [6.45, 7) is 2.12. The summed E-state index contributed by atoms with van der Waals surface area (Å²) in [5, 5.41) is 10.5. The van der Waals surface area contributed by atoms with E-state index in [2.05, 4.69) is 11.9 Å². The van der Waals surface area contributed by atoms with Crippen molar-refractivity contribution >= 4 is 0 Å². The number of hydrogen-bond acceptors (Lipinski definition) is 4. The first-order chi connectivity index (χ1) is 9.62. The van der Waals surface area contributed by atoms with Crippen LogP contribution >= 0.6 is 0 Å². The molecule has 1 fully saturated rings. The van der Waals surface area contributed by atoms with E-state index in [1.165, 1.54) is 0 Å². The van der Waals surface area contributed by atoms with Gasteiger partial charge in [0.15, 0.2) is 0 Å². The number of nitrogens with zero attached hydrogens (tertiary/aromatic N) is 1. The Kier molecular flexibility index (Phi) is 3.61. The van der Waals surface area contributed by atoms with E-state index in [4.69, 9.17) is 9.47 Å². The van der Waals surface area contributed by atoms with Crippen LogP contribution in [0.4, 0.5) is 0 Å². The van der Waals surface area contributed by atoms with Gasteiger partial charge in [-0.05, 0) is 45.0 Å². The predicted octanol–water partition coefficient (Wildman–Crippen LogP) is 2.37. The summed E-state index contributed by atoms with van der Waals surface area (Å²) >= 11 is 0. The number of likely N-dealkylation sites (tertiary alicyclic amines) is 1. The van der Waals surface area contributed by atoms with Gasteiger partial charge in [0.05, 0.1) is 13.2 Å². The Labute approximate surface area is 120 Å². The van der Waals surface area contributed by atoms with Gasteiger partial charge in [-0.1, -0.05) is 0 Å². The standard InChI is InChI=1S/C16H23NO3/c1-17-8-3-6-16(7-9-17)11-14(18)13-5-4-12(19-2)10-15(13)20-16/h4-5,10,14,18H,3,6-9,11H2,1-2H3/t14-,16?/m1/s1. The van der Waals surface area contributed by atoms with Gasteiger partial charge < -0.3 is 19.5 Å². The van der Waals surface area contributed by atoms with Gasteiger partial charge in [0, 0.05) is 24.6 Å². The van der Waals surface area contributed by atoms with Crippen molar-refractivity contribution in [2.75, 3.05) is 27.2 Å². The molecule has 0 aromatic heterocycles. The first-order valence-electron chi connectivity index (χ1n) is 7.35. The fraction of sp³-hybridized carbons (Fsp3) is 0.625. The van der Waals surface area contributed by atoms with Crippen LogP contribution in [0, 0.1) is 0 Å². The molecule has 20 heavy (non-hydrogen) atoms. The molecule has 1 N–H and O–H groups in total. The largest absolute Gasteiger partial charge is 0.497 e. The minimum absolute atomic E-state index is 0.219. The van der Waals surface area contributed by atoms with Crippen LogP contribution in [0.1, 0.15) is 37.4 Å². The molecule has 1 saturated heterocycles. The maximum atomic E-state index is 10.5. The van der Waals surface area contributed by atoms with Crippen molar-refractivity contribution in [1.82, 2.24) is 4.90 Å². The molecule has 0 amide bonds. The summed E-state index contributed by atoms with van der Waals surface area (Å²) in [5.41, 5.74) is 0.665. The van der Waals surface area contributed by atoms with Gasteiger partial charge in [-0.15, -0.1) is 0 Å². The van der Waals surface area contributed by atoms with E-state index in [9.17, 15) is 5.11 Å². The third-order valence-electron chi connectivity index (χ3n) is 4.59. The monoisotopic (exact) mass is 277 g/mol. The topological polar surface area (TPSA) is 41.9 Å². The van der Waals surface area contributed by atoms with Gasteiger partial charge in [-0.2, -0.15) is 0 Å². The molecule has 4 heteroatoms. The summed E-state index contributed by atoms with van der Waals surface area (Å²) in [5.74, 6) is 1.56. The third-order valence-corrected chi connectivity index (χ3v) is 4.59. The molecule has 2 heterocycles. The van der Waals surface area contributed by atoms with E-state index in [1.54, 1.807) is 7.11 Å². The van der Waals surface area contributed by atoms with Crippen LogP contribution in [-0.2, 0) is 0 Å². The Morgan fingerprint density at radius 1 is 1.35 bits per heavy atom. The number of rotatable bonds is 1. The molecular weight excluding hydrogens is 254 g/mol. The molecule has 1 aromatic rings. The van der Waals surface area contributed by atoms with E-state index in [-0.39, 0.29) is 5.60 Å². The van der Waals surface area contributed by atoms with Crippen molar-refractivity contribution in [1.29, 1.82) is 0 Å². The van der Waals surface area contributed by atoms with Gasteiger partial charge >= 0.3 is 0 Å². The minimum atomic E-state index is -0.437. The number of fused-ring (bicyclic) bond motifs is 1. The first-order valence-corrected chi connectivity index (χ1v) is 7.35. The predicted molar refractivity (Wildman–Crippen MR) is 77.3 cm³/mol. The number of ether oxygens (including phenoxy) is 2. The van der Waals surface area contributed by atoms with Crippen molar-refractivity contribution in [2.45, 2.75) is 37.4 Å². The highest BCUT2D eigenvalue weighted by atomic mass is 16.5. The zero-order valence-corrected chi connectivity index (χ0v) is 12.3. The minimum Gasteiger partial charge on any atom is -0.497 e. The average molecular weight is 277 g/mol. The molecule has 0 saturated carbocycles. The molecule has 0 bridgehead atoms. The molecule has 2 aliphatic rings. The fourth-order valence-electron chi connectivity index (χ4n) is 3.35. The summed E-state index contributed by atoms with van der Waals surface area (Å²) in [6.07, 6.45) is 3.35. The van der Waals surface area contributed by atoms with Crippen molar-refractivity contribution in [3.05, 3.63) is 23.8 Å². The molecule has 0 aliphatic carbocycles. The molecule has 0 radical (unpaired) electrons. The lowest BCUT2D eigenvalue weighted by molar-refractivity contribution is -0.0237. The lowest BCUT2D eigenvalue weighted by atomic mass is 9.83. The Morgan fingerprint density at radius 2 is 2.20 bits per heavy atom. The SMILES string of the molecule is COc1ccc2c(c1)OC1(CCCN(C)CC1)C[C@H]2O. The summed E-state index contributed by atoms with van der Waals surface area (Å²) in [4.78, 5) is 2.34. The average Bonchev–Trinajstić information content (AvgIpc) is 2.61. The Bertz CT molecular complexity index is 491. The normalized spacial score (nSPS) is 30.4. The van der Waals surface area contributed by atoms with E-state index in [0.29, 0.717) is 6.42 Å². The van der Waals surface area contributed by atoms with Crippen LogP contribution in [0.15, 0.2) is 18.2 Å². The molecule has 2 aliphatic heterocycles. The molecule has 1 spiro atoms. The van der Waals surface area contributed by atoms with Gasteiger partial charge in [0.1, 0.15) is 17.1 Å². The van der Waals surface area contributed by atoms with Crippen molar-refractivity contribution in [3.8, 4) is 11.5 Å². The lowest BCUT2D eigenvalue weighted by Gasteiger charge is -2.40. The summed E-state index contributed by atoms with van der Waals surface area (Å²) < 4.78 is 11.6. The van der Waals surface area contributed by atoms with Crippen molar-refractivity contribution in [3.63, 3.8) is 0 Å². The second kappa shape index (κ2) is 5.26. The Morgan fingerprint density at radius 3 is 3.00 bits per heavy atom. The van der Waals surface area contributed by atoms with E-state index < -0.39 is 6.10 Å². The van der Waals surface area contributed by atoms with Crippen LogP contribution in [0.2, 0.25) is 0 Å². The zero-order valence-electron chi connectivity index (χ0n) is 12.3. The number of aliphatic hydroxyl groups excluding tert-OH is 1. The van der Waals surface area contributed by atoms with Crippen LogP contribution < -0.4 is 9.47 Å². The second-order valence-electron chi connectivity index (χ2n) is 6.07. The quantitative estimate of drug-likeness (QED) is 0.855. The number of hydrogen-bond donors (Lipinski definition) is 1. The smallest absolute Gasteiger partial charge is 0.129 e. The second-order valence-corrected chi connectivity index (χ2v) is 6.07. The van der Waals surface area contributed by atoms with Gasteiger partial charge in [-0.3, -0.25) is 0 Å². The molecule has 1 unspecified atom stereocenters. The molecule has 2 atom stereocenters.